The van der Waals surface area contributed by atoms with Gasteiger partial charge in [0.15, 0.2) is 0 Å². The van der Waals surface area contributed by atoms with E-state index in [9.17, 15) is 0 Å². The zero-order chi connectivity index (χ0) is 12.5. The molecule has 0 spiro atoms. The van der Waals surface area contributed by atoms with Crippen molar-refractivity contribution in [1.82, 2.24) is 10.2 Å². The van der Waals surface area contributed by atoms with Gasteiger partial charge in [-0.15, -0.1) is 0 Å². The Bertz CT molecular complexity index is 230. The van der Waals surface area contributed by atoms with Gasteiger partial charge in [0.05, 0.1) is 0 Å². The van der Waals surface area contributed by atoms with E-state index in [0.29, 0.717) is 5.41 Å². The second-order valence-electron chi connectivity index (χ2n) is 7.20. The van der Waals surface area contributed by atoms with Gasteiger partial charge in [0.25, 0.3) is 0 Å². The van der Waals surface area contributed by atoms with Crippen LogP contribution in [0.5, 0.6) is 0 Å². The van der Waals surface area contributed by atoms with Gasteiger partial charge in [0.1, 0.15) is 0 Å². The Morgan fingerprint density at radius 1 is 1.12 bits per heavy atom. The molecule has 0 saturated carbocycles. The van der Waals surface area contributed by atoms with Crippen LogP contribution >= 0.6 is 0 Å². The maximum Gasteiger partial charge on any atom is 0.0113 e. The molecule has 0 radical (unpaired) electrons. The van der Waals surface area contributed by atoms with Gasteiger partial charge in [-0.3, -0.25) is 4.90 Å². The monoisotopic (exact) mass is 238 g/mol. The van der Waals surface area contributed by atoms with Gasteiger partial charge in [0.2, 0.25) is 0 Å². The number of hydrogen-bond acceptors (Lipinski definition) is 2. The molecule has 0 aromatic heterocycles. The molecule has 0 aromatic rings. The Morgan fingerprint density at radius 2 is 1.71 bits per heavy atom. The minimum absolute atomic E-state index is 0.443. The van der Waals surface area contributed by atoms with Crippen LogP contribution in [-0.2, 0) is 0 Å². The van der Waals surface area contributed by atoms with Gasteiger partial charge < -0.3 is 5.32 Å². The van der Waals surface area contributed by atoms with Crippen molar-refractivity contribution in [3.05, 3.63) is 0 Å². The zero-order valence-electron chi connectivity index (χ0n) is 12.1. The first-order valence-electron chi connectivity index (χ1n) is 7.49. The number of fused-ring (bicyclic) bond motifs is 2. The van der Waals surface area contributed by atoms with E-state index in [1.165, 1.54) is 38.6 Å². The first-order valence-corrected chi connectivity index (χ1v) is 7.49. The fourth-order valence-corrected chi connectivity index (χ4v) is 3.74. The molecule has 2 fully saturated rings. The summed E-state index contributed by atoms with van der Waals surface area (Å²) in [6.07, 6.45) is 7.05. The molecule has 2 saturated heterocycles. The van der Waals surface area contributed by atoms with Gasteiger partial charge in [-0.2, -0.15) is 0 Å². The predicted molar refractivity (Wildman–Crippen MR) is 74.3 cm³/mol. The highest BCUT2D eigenvalue weighted by Crippen LogP contribution is 2.36. The molecule has 0 aliphatic carbocycles. The third-order valence-electron chi connectivity index (χ3n) is 4.28. The van der Waals surface area contributed by atoms with Crippen molar-refractivity contribution < 1.29 is 0 Å². The number of nitrogens with zero attached hydrogens (tertiary/aromatic N) is 1. The maximum absolute atomic E-state index is 3.67. The highest BCUT2D eigenvalue weighted by molar-refractivity contribution is 4.96. The topological polar surface area (TPSA) is 15.3 Å². The van der Waals surface area contributed by atoms with E-state index < -0.39 is 0 Å². The molecule has 2 nitrogen and oxygen atoms in total. The van der Waals surface area contributed by atoms with Crippen molar-refractivity contribution in [3.8, 4) is 0 Å². The molecule has 2 unspecified atom stereocenters. The van der Waals surface area contributed by atoms with Crippen molar-refractivity contribution in [2.45, 2.75) is 77.9 Å². The highest BCUT2D eigenvalue weighted by Gasteiger charge is 2.39. The van der Waals surface area contributed by atoms with E-state index in [0.717, 1.165) is 24.7 Å². The molecule has 17 heavy (non-hydrogen) atoms. The van der Waals surface area contributed by atoms with Gasteiger partial charge in [-0.1, -0.05) is 34.1 Å². The van der Waals surface area contributed by atoms with E-state index in [4.69, 9.17) is 0 Å². The van der Waals surface area contributed by atoms with Gasteiger partial charge in [-0.05, 0) is 37.6 Å². The lowest BCUT2D eigenvalue weighted by molar-refractivity contribution is 0.00130. The Labute approximate surface area is 107 Å². The van der Waals surface area contributed by atoms with Crippen LogP contribution in [0.3, 0.4) is 0 Å². The van der Waals surface area contributed by atoms with Gasteiger partial charge in [0, 0.05) is 24.7 Å². The molecular weight excluding hydrogens is 208 g/mol. The van der Waals surface area contributed by atoms with Gasteiger partial charge in [-0.25, -0.2) is 0 Å². The molecular formula is C15H30N2. The molecule has 2 aliphatic rings. The lowest BCUT2D eigenvalue weighted by atomic mass is 9.80. The summed E-state index contributed by atoms with van der Waals surface area (Å²) in [6.45, 7) is 11.8. The quantitative estimate of drug-likeness (QED) is 0.813. The van der Waals surface area contributed by atoms with Crippen LogP contribution in [-0.4, -0.2) is 36.1 Å². The summed E-state index contributed by atoms with van der Waals surface area (Å²) in [5, 5.41) is 3.67. The first-order chi connectivity index (χ1) is 7.99. The average Bonchev–Trinajstić information content (AvgIpc) is 2.17. The summed E-state index contributed by atoms with van der Waals surface area (Å²) in [5.74, 6) is 0. The number of nitrogens with one attached hydrogen (secondary N) is 1. The third-order valence-corrected chi connectivity index (χ3v) is 4.28. The number of hydrogen-bond donors (Lipinski definition) is 1. The summed E-state index contributed by atoms with van der Waals surface area (Å²) in [7, 11) is 0. The summed E-state index contributed by atoms with van der Waals surface area (Å²) in [6, 6.07) is 2.49. The molecule has 2 heteroatoms. The minimum Gasteiger partial charge on any atom is -0.314 e. The predicted octanol–water partition coefficient (Wildman–Crippen LogP) is 3.03. The van der Waals surface area contributed by atoms with E-state index in [-0.39, 0.29) is 0 Å². The molecule has 2 bridgehead atoms. The maximum atomic E-state index is 3.67. The lowest BCUT2D eigenvalue weighted by Crippen LogP contribution is -2.57. The van der Waals surface area contributed by atoms with E-state index in [1.54, 1.807) is 0 Å². The van der Waals surface area contributed by atoms with Crippen LogP contribution < -0.4 is 5.32 Å². The second-order valence-corrected chi connectivity index (χ2v) is 7.20. The van der Waals surface area contributed by atoms with Gasteiger partial charge >= 0.3 is 0 Å². The van der Waals surface area contributed by atoms with Crippen molar-refractivity contribution in [2.75, 3.05) is 13.1 Å². The second kappa shape index (κ2) is 5.27. The van der Waals surface area contributed by atoms with Crippen molar-refractivity contribution in [3.63, 3.8) is 0 Å². The Balaban J connectivity index is 1.99. The fourth-order valence-electron chi connectivity index (χ4n) is 3.74. The average molecular weight is 238 g/mol. The SMILES string of the molecule is CCNC1CC2CCCC(C1)N2CC(C)(C)C. The summed E-state index contributed by atoms with van der Waals surface area (Å²) in [5.41, 5.74) is 0.443. The largest absolute Gasteiger partial charge is 0.314 e. The third kappa shape index (κ3) is 3.45. The normalized spacial score (nSPS) is 34.9. The lowest BCUT2D eigenvalue weighted by Gasteiger charge is -2.51. The van der Waals surface area contributed by atoms with Crippen LogP contribution in [0.2, 0.25) is 0 Å². The summed E-state index contributed by atoms with van der Waals surface area (Å²) >= 11 is 0. The van der Waals surface area contributed by atoms with Crippen molar-refractivity contribution in [2.24, 2.45) is 5.41 Å². The van der Waals surface area contributed by atoms with Crippen LogP contribution in [0.1, 0.15) is 59.8 Å². The smallest absolute Gasteiger partial charge is 0.0113 e. The Kier molecular flexibility index (Phi) is 4.14. The fraction of sp³-hybridized carbons (Fsp3) is 1.00. The molecule has 2 aliphatic heterocycles. The van der Waals surface area contributed by atoms with Crippen molar-refractivity contribution in [1.29, 1.82) is 0 Å². The van der Waals surface area contributed by atoms with E-state index in [1.807, 2.05) is 0 Å². The Morgan fingerprint density at radius 3 is 2.18 bits per heavy atom. The van der Waals surface area contributed by atoms with Crippen LogP contribution in [0.25, 0.3) is 0 Å². The first kappa shape index (κ1) is 13.4. The number of rotatable bonds is 3. The zero-order valence-corrected chi connectivity index (χ0v) is 12.1. The van der Waals surface area contributed by atoms with E-state index in [2.05, 4.69) is 37.9 Å². The van der Waals surface area contributed by atoms with Crippen LogP contribution in [0.15, 0.2) is 0 Å². The Hall–Kier alpha value is -0.0800. The highest BCUT2D eigenvalue weighted by atomic mass is 15.2. The van der Waals surface area contributed by atoms with E-state index >= 15 is 0 Å². The summed E-state index contributed by atoms with van der Waals surface area (Å²) < 4.78 is 0. The molecule has 1 N–H and O–H groups in total. The minimum atomic E-state index is 0.443. The molecule has 0 amide bonds. The summed E-state index contributed by atoms with van der Waals surface area (Å²) in [4.78, 5) is 2.83. The molecule has 2 heterocycles. The molecule has 2 atom stereocenters. The molecule has 0 aromatic carbocycles. The van der Waals surface area contributed by atoms with Crippen LogP contribution in [0.4, 0.5) is 0 Å². The standard InChI is InChI=1S/C15H30N2/c1-5-16-12-9-13-7-6-8-14(10-12)17(13)11-15(2,3)4/h12-14,16H,5-11H2,1-4H3. The molecule has 100 valence electrons. The van der Waals surface area contributed by atoms with Crippen molar-refractivity contribution >= 4 is 0 Å². The van der Waals surface area contributed by atoms with Crippen LogP contribution in [0, 0.1) is 5.41 Å². The number of piperidine rings is 2. The molecule has 2 rings (SSSR count).